The number of fused-ring (bicyclic) bond motifs is 5. The predicted octanol–water partition coefficient (Wildman–Crippen LogP) is 14.6. The third kappa shape index (κ3) is 5.08. The molecule has 10 aromatic carbocycles. The van der Waals surface area contributed by atoms with E-state index in [4.69, 9.17) is 0 Å². The van der Waals surface area contributed by atoms with E-state index in [0.29, 0.717) is 0 Å². The zero-order chi connectivity index (χ0) is 34.4. The van der Waals surface area contributed by atoms with E-state index < -0.39 is 0 Å². The highest BCUT2D eigenvalue weighted by Crippen LogP contribution is 2.47. The third-order valence-corrected chi connectivity index (χ3v) is 10.6. The van der Waals surface area contributed by atoms with Crippen molar-refractivity contribution in [2.24, 2.45) is 0 Å². The average molecular weight is 659 g/mol. The van der Waals surface area contributed by atoms with Crippen LogP contribution >= 0.6 is 0 Å². The molecule has 10 rings (SSSR count). The standard InChI is InChI=1S/C52H34/c1-4-16-35(17-5-1)38-28-29-39-34-50(44-23-11-10-22-43(44)49(39)33-38)52-47-26-14-12-24-45(47)51(46-25-13-15-27-48(46)52)42-31-40(36-18-6-2-7-19-36)30-41(32-42)37-20-8-3-9-21-37/h1-34H. The molecule has 0 bridgehead atoms. The Hall–Kier alpha value is -6.76. The van der Waals surface area contributed by atoms with E-state index in [1.54, 1.807) is 0 Å². The third-order valence-electron chi connectivity index (χ3n) is 10.6. The molecule has 0 radical (unpaired) electrons. The van der Waals surface area contributed by atoms with E-state index in [1.807, 2.05) is 0 Å². The van der Waals surface area contributed by atoms with Crippen molar-refractivity contribution in [3.05, 3.63) is 206 Å². The second-order valence-corrected chi connectivity index (χ2v) is 13.6. The Morgan fingerprint density at radius 3 is 1.12 bits per heavy atom. The first-order chi connectivity index (χ1) is 25.8. The van der Waals surface area contributed by atoms with Gasteiger partial charge in [0.1, 0.15) is 0 Å². The first kappa shape index (κ1) is 30.1. The monoisotopic (exact) mass is 658 g/mol. The number of hydrogen-bond donors (Lipinski definition) is 0. The average Bonchev–Trinajstić information content (AvgIpc) is 3.23. The molecule has 52 heavy (non-hydrogen) atoms. The maximum Gasteiger partial charge on any atom is -0.00199 e. The van der Waals surface area contributed by atoms with Crippen molar-refractivity contribution in [1.29, 1.82) is 0 Å². The fourth-order valence-corrected chi connectivity index (χ4v) is 8.21. The first-order valence-corrected chi connectivity index (χ1v) is 18.0. The van der Waals surface area contributed by atoms with E-state index in [-0.39, 0.29) is 0 Å². The molecular weight excluding hydrogens is 625 g/mol. The van der Waals surface area contributed by atoms with Crippen LogP contribution in [0.4, 0.5) is 0 Å². The van der Waals surface area contributed by atoms with Gasteiger partial charge in [-0.25, -0.2) is 0 Å². The van der Waals surface area contributed by atoms with Gasteiger partial charge >= 0.3 is 0 Å². The fraction of sp³-hybridized carbons (Fsp3) is 0. The minimum Gasteiger partial charge on any atom is -0.0622 e. The van der Waals surface area contributed by atoms with E-state index in [1.165, 1.54) is 98.7 Å². The normalized spacial score (nSPS) is 11.5. The second kappa shape index (κ2) is 12.5. The minimum atomic E-state index is 1.21. The van der Waals surface area contributed by atoms with Gasteiger partial charge in [0.15, 0.2) is 0 Å². The molecule has 0 N–H and O–H groups in total. The lowest BCUT2D eigenvalue weighted by Gasteiger charge is -2.20. The maximum atomic E-state index is 2.42. The quantitative estimate of drug-likeness (QED) is 0.128. The van der Waals surface area contributed by atoms with Crippen LogP contribution in [0.2, 0.25) is 0 Å². The highest BCUT2D eigenvalue weighted by atomic mass is 14.2. The maximum absolute atomic E-state index is 2.42. The number of benzene rings is 10. The second-order valence-electron chi connectivity index (χ2n) is 13.6. The highest BCUT2D eigenvalue weighted by Gasteiger charge is 2.20. The molecule has 0 unspecified atom stereocenters. The lowest BCUT2D eigenvalue weighted by molar-refractivity contribution is 1.58. The molecule has 0 nitrogen and oxygen atoms in total. The van der Waals surface area contributed by atoms with Crippen LogP contribution < -0.4 is 0 Å². The Kier molecular flexibility index (Phi) is 7.25. The summed E-state index contributed by atoms with van der Waals surface area (Å²) in [6, 6.07) is 75.6. The molecule has 0 saturated heterocycles. The Morgan fingerprint density at radius 1 is 0.192 bits per heavy atom. The van der Waals surface area contributed by atoms with Crippen molar-refractivity contribution in [2.45, 2.75) is 0 Å². The van der Waals surface area contributed by atoms with Crippen LogP contribution in [0.1, 0.15) is 0 Å². The molecule has 0 saturated carbocycles. The molecule has 242 valence electrons. The van der Waals surface area contributed by atoms with Gasteiger partial charge in [0, 0.05) is 0 Å². The summed E-state index contributed by atoms with van der Waals surface area (Å²) in [6.07, 6.45) is 0. The zero-order valence-corrected chi connectivity index (χ0v) is 28.6. The van der Waals surface area contributed by atoms with E-state index in [2.05, 4.69) is 206 Å². The molecule has 0 heteroatoms. The van der Waals surface area contributed by atoms with Crippen LogP contribution in [-0.4, -0.2) is 0 Å². The van der Waals surface area contributed by atoms with Crippen LogP contribution in [0.25, 0.3) is 98.7 Å². The van der Waals surface area contributed by atoms with Gasteiger partial charge in [-0.15, -0.1) is 0 Å². The predicted molar refractivity (Wildman–Crippen MR) is 224 cm³/mol. The topological polar surface area (TPSA) is 0 Å². The molecular formula is C52H34. The van der Waals surface area contributed by atoms with Crippen LogP contribution in [0.15, 0.2) is 206 Å². The largest absolute Gasteiger partial charge is 0.0622 e. The van der Waals surface area contributed by atoms with Crippen molar-refractivity contribution >= 4 is 43.1 Å². The smallest absolute Gasteiger partial charge is 0.00199 e. The molecule has 0 aliphatic rings. The van der Waals surface area contributed by atoms with Gasteiger partial charge in [-0.3, -0.25) is 0 Å². The van der Waals surface area contributed by atoms with Crippen LogP contribution in [0.3, 0.4) is 0 Å². The summed E-state index contributed by atoms with van der Waals surface area (Å²) >= 11 is 0. The summed E-state index contributed by atoms with van der Waals surface area (Å²) in [4.78, 5) is 0. The first-order valence-electron chi connectivity index (χ1n) is 18.0. The summed E-state index contributed by atoms with van der Waals surface area (Å²) < 4.78 is 0. The Balaban J connectivity index is 1.28. The Labute approximate surface area is 303 Å². The van der Waals surface area contributed by atoms with Crippen molar-refractivity contribution in [3.8, 4) is 55.6 Å². The summed E-state index contributed by atoms with van der Waals surface area (Å²) in [5.41, 5.74) is 12.3. The Morgan fingerprint density at radius 2 is 0.596 bits per heavy atom. The number of hydrogen-bond acceptors (Lipinski definition) is 0. The summed E-state index contributed by atoms with van der Waals surface area (Å²) in [6.45, 7) is 0. The molecule has 0 fully saturated rings. The molecule has 0 amide bonds. The van der Waals surface area contributed by atoms with Gasteiger partial charge in [0.05, 0.1) is 0 Å². The van der Waals surface area contributed by atoms with Gasteiger partial charge in [0.2, 0.25) is 0 Å². The van der Waals surface area contributed by atoms with Gasteiger partial charge in [0.25, 0.3) is 0 Å². The SMILES string of the molecule is c1ccc(-c2cc(-c3ccccc3)cc(-c3c4ccccc4c(-c4cc5ccc(-c6ccccc6)cc5c5ccccc45)c4ccccc34)c2)cc1. The highest BCUT2D eigenvalue weighted by molar-refractivity contribution is 6.26. The van der Waals surface area contributed by atoms with Gasteiger partial charge in [-0.1, -0.05) is 176 Å². The minimum absolute atomic E-state index is 1.21. The van der Waals surface area contributed by atoms with Crippen LogP contribution in [0.5, 0.6) is 0 Å². The van der Waals surface area contributed by atoms with Crippen molar-refractivity contribution < 1.29 is 0 Å². The van der Waals surface area contributed by atoms with E-state index >= 15 is 0 Å². The van der Waals surface area contributed by atoms with Gasteiger partial charge in [-0.2, -0.15) is 0 Å². The lowest BCUT2D eigenvalue weighted by atomic mass is 9.82. The summed E-state index contributed by atoms with van der Waals surface area (Å²) in [5, 5.41) is 10.1. The molecule has 0 aliphatic heterocycles. The Bertz CT molecular complexity index is 2810. The van der Waals surface area contributed by atoms with Gasteiger partial charge in [-0.05, 0) is 129 Å². The van der Waals surface area contributed by atoms with E-state index in [0.717, 1.165) is 0 Å². The molecule has 0 spiro atoms. The zero-order valence-electron chi connectivity index (χ0n) is 28.6. The lowest BCUT2D eigenvalue weighted by Crippen LogP contribution is -1.93. The van der Waals surface area contributed by atoms with Crippen molar-refractivity contribution in [3.63, 3.8) is 0 Å². The molecule has 10 aromatic rings. The van der Waals surface area contributed by atoms with E-state index in [9.17, 15) is 0 Å². The molecule has 0 heterocycles. The summed E-state index contributed by atoms with van der Waals surface area (Å²) in [7, 11) is 0. The van der Waals surface area contributed by atoms with Crippen molar-refractivity contribution in [2.75, 3.05) is 0 Å². The number of rotatable bonds is 5. The fourth-order valence-electron chi connectivity index (χ4n) is 8.21. The van der Waals surface area contributed by atoms with Crippen LogP contribution in [0, 0.1) is 0 Å². The summed E-state index contributed by atoms with van der Waals surface area (Å²) in [5.74, 6) is 0. The van der Waals surface area contributed by atoms with Crippen molar-refractivity contribution in [1.82, 2.24) is 0 Å². The van der Waals surface area contributed by atoms with Crippen LogP contribution in [-0.2, 0) is 0 Å². The van der Waals surface area contributed by atoms with Gasteiger partial charge < -0.3 is 0 Å². The molecule has 0 aliphatic carbocycles. The molecule has 0 aromatic heterocycles. The molecule has 0 atom stereocenters.